The lowest BCUT2D eigenvalue weighted by atomic mass is 9.66. The Morgan fingerprint density at radius 2 is 1.74 bits per heavy atom. The molecular weight excluding hydrogens is 456 g/mol. The van der Waals surface area contributed by atoms with Gasteiger partial charge >= 0.3 is 11.9 Å². The van der Waals surface area contributed by atoms with Crippen LogP contribution < -0.4 is 9.47 Å². The molecule has 0 radical (unpaired) electrons. The number of aliphatic hydroxyl groups excluding tert-OH is 1. The van der Waals surface area contributed by atoms with Gasteiger partial charge in [-0.2, -0.15) is 0 Å². The van der Waals surface area contributed by atoms with Gasteiger partial charge in [0.1, 0.15) is 18.3 Å². The van der Waals surface area contributed by atoms with Crippen molar-refractivity contribution in [2.45, 2.75) is 83.1 Å². The molecule has 2 N–H and O–H groups in total. The van der Waals surface area contributed by atoms with E-state index < -0.39 is 58.9 Å². The van der Waals surface area contributed by atoms with E-state index in [0.29, 0.717) is 11.5 Å². The first kappa shape index (κ1) is 25.7. The van der Waals surface area contributed by atoms with Gasteiger partial charge in [-0.05, 0) is 31.0 Å². The van der Waals surface area contributed by atoms with Gasteiger partial charge in [0.2, 0.25) is 0 Å². The van der Waals surface area contributed by atoms with Gasteiger partial charge in [-0.25, -0.2) is 4.79 Å². The number of aliphatic hydroxyl groups is 2. The quantitative estimate of drug-likeness (QED) is 0.455. The van der Waals surface area contributed by atoms with Gasteiger partial charge in [0.05, 0.1) is 37.1 Å². The van der Waals surface area contributed by atoms with Crippen LogP contribution in [-0.4, -0.2) is 72.0 Å². The van der Waals surface area contributed by atoms with Crippen LogP contribution in [0.25, 0.3) is 0 Å². The minimum absolute atomic E-state index is 0.121. The largest absolute Gasteiger partial charge is 0.493 e. The molecule has 9 heteroatoms. The SMILES string of the molecule is COc1ccc(C(=O)O[C@@H]2C[C@]3(C)O[C@@H]3[C@H](O)[C@@]3(C)[C@H](OC(C)=O)C[C@@](O)(C(C)C)[C@@H]23)cc1OC. The van der Waals surface area contributed by atoms with Crippen molar-refractivity contribution in [3.8, 4) is 11.5 Å². The topological polar surface area (TPSA) is 124 Å². The highest BCUT2D eigenvalue weighted by Gasteiger charge is 2.75. The third kappa shape index (κ3) is 3.97. The summed E-state index contributed by atoms with van der Waals surface area (Å²) >= 11 is 0. The molecule has 0 unspecified atom stereocenters. The molecule has 0 amide bonds. The first-order chi connectivity index (χ1) is 16.3. The second kappa shape index (κ2) is 8.64. The van der Waals surface area contributed by atoms with Crippen molar-refractivity contribution < 1.29 is 43.5 Å². The highest BCUT2D eigenvalue weighted by atomic mass is 16.6. The number of fused-ring (bicyclic) bond motifs is 2. The van der Waals surface area contributed by atoms with E-state index in [1.807, 2.05) is 20.8 Å². The van der Waals surface area contributed by atoms with Crippen LogP contribution in [0.4, 0.5) is 0 Å². The fraction of sp³-hybridized carbons (Fsp3) is 0.692. The van der Waals surface area contributed by atoms with Gasteiger partial charge < -0.3 is 33.9 Å². The molecule has 2 aliphatic carbocycles. The molecule has 3 fully saturated rings. The van der Waals surface area contributed by atoms with E-state index in [1.165, 1.54) is 27.2 Å². The Morgan fingerprint density at radius 1 is 1.09 bits per heavy atom. The summed E-state index contributed by atoms with van der Waals surface area (Å²) in [6, 6.07) is 4.74. The van der Waals surface area contributed by atoms with Crippen molar-refractivity contribution in [2.75, 3.05) is 14.2 Å². The Kier molecular flexibility index (Phi) is 6.35. The van der Waals surface area contributed by atoms with Crippen LogP contribution in [0.2, 0.25) is 0 Å². The standard InChI is InChI=1S/C26H36O9/c1-13(2)26(30)12-19(33-14(3)27)25(5)20(26)18(11-24(4)22(35-24)21(25)28)34-23(29)15-8-9-16(31-6)17(10-15)32-7/h8-10,13,18-22,28,30H,11-12H2,1-7H3/t18-,19-,20+,21+,22-,24+,25+,26-/m1/s1. The zero-order valence-corrected chi connectivity index (χ0v) is 21.4. The number of hydrogen-bond acceptors (Lipinski definition) is 9. The fourth-order valence-corrected chi connectivity index (χ4v) is 6.38. The molecular formula is C26H36O9. The number of esters is 2. The van der Waals surface area contributed by atoms with Gasteiger partial charge in [-0.3, -0.25) is 4.79 Å². The summed E-state index contributed by atoms with van der Waals surface area (Å²) in [4.78, 5) is 25.3. The predicted octanol–water partition coefficient (Wildman–Crippen LogP) is 2.50. The van der Waals surface area contributed by atoms with E-state index in [1.54, 1.807) is 19.1 Å². The second-order valence-corrected chi connectivity index (χ2v) is 10.8. The Balaban J connectivity index is 1.76. The summed E-state index contributed by atoms with van der Waals surface area (Å²) in [6.07, 6.45) is -2.72. The molecule has 0 bridgehead atoms. The Hall–Kier alpha value is -2.36. The smallest absolute Gasteiger partial charge is 0.338 e. The average molecular weight is 493 g/mol. The van der Waals surface area contributed by atoms with Crippen LogP contribution in [0.1, 0.15) is 57.8 Å². The molecule has 1 aliphatic heterocycles. The number of epoxide rings is 1. The van der Waals surface area contributed by atoms with Gasteiger partial charge in [0.15, 0.2) is 11.5 Å². The minimum Gasteiger partial charge on any atom is -0.493 e. The van der Waals surface area contributed by atoms with Crippen molar-refractivity contribution >= 4 is 11.9 Å². The third-order valence-corrected chi connectivity index (χ3v) is 8.44. The van der Waals surface area contributed by atoms with Crippen molar-refractivity contribution in [1.82, 2.24) is 0 Å². The number of carbonyl (C=O) groups excluding carboxylic acids is 2. The molecule has 0 aromatic heterocycles. The van der Waals surface area contributed by atoms with Crippen LogP contribution in [0.15, 0.2) is 18.2 Å². The Morgan fingerprint density at radius 3 is 2.31 bits per heavy atom. The highest BCUT2D eigenvalue weighted by molar-refractivity contribution is 5.90. The zero-order chi connectivity index (χ0) is 25.9. The normalized spacial score (nSPS) is 39.8. The zero-order valence-electron chi connectivity index (χ0n) is 21.4. The van der Waals surface area contributed by atoms with Gasteiger partial charge in [-0.1, -0.05) is 20.8 Å². The Labute approximate surface area is 205 Å². The van der Waals surface area contributed by atoms with E-state index in [-0.39, 0.29) is 24.3 Å². The van der Waals surface area contributed by atoms with Gasteiger partial charge in [0.25, 0.3) is 0 Å². The van der Waals surface area contributed by atoms with Crippen molar-refractivity contribution in [3.05, 3.63) is 23.8 Å². The molecule has 1 aromatic rings. The summed E-state index contributed by atoms with van der Waals surface area (Å²) < 4.78 is 28.2. The minimum atomic E-state index is -1.36. The first-order valence-electron chi connectivity index (χ1n) is 12.0. The van der Waals surface area contributed by atoms with Gasteiger partial charge in [0, 0.05) is 31.1 Å². The van der Waals surface area contributed by atoms with E-state index in [4.69, 9.17) is 23.7 Å². The number of methoxy groups -OCH3 is 2. The first-order valence-corrected chi connectivity index (χ1v) is 12.0. The highest BCUT2D eigenvalue weighted by Crippen LogP contribution is 2.64. The molecule has 4 rings (SSSR count). The Bertz CT molecular complexity index is 1010. The van der Waals surface area contributed by atoms with Crippen molar-refractivity contribution in [2.24, 2.45) is 17.3 Å². The maximum absolute atomic E-state index is 13.3. The summed E-state index contributed by atoms with van der Waals surface area (Å²) in [5.41, 5.74) is -2.93. The third-order valence-electron chi connectivity index (χ3n) is 8.44. The molecule has 194 valence electrons. The van der Waals surface area contributed by atoms with E-state index in [2.05, 4.69) is 0 Å². The van der Waals surface area contributed by atoms with Gasteiger partial charge in [-0.15, -0.1) is 0 Å². The molecule has 2 saturated carbocycles. The summed E-state index contributed by atoms with van der Waals surface area (Å²) in [5, 5.41) is 23.5. The molecule has 9 nitrogen and oxygen atoms in total. The molecule has 0 spiro atoms. The van der Waals surface area contributed by atoms with E-state index >= 15 is 0 Å². The van der Waals surface area contributed by atoms with Crippen molar-refractivity contribution in [1.29, 1.82) is 0 Å². The number of carbonyl (C=O) groups is 2. The lowest BCUT2D eigenvalue weighted by Gasteiger charge is -2.45. The lowest BCUT2D eigenvalue weighted by molar-refractivity contribution is -0.168. The summed E-state index contributed by atoms with van der Waals surface area (Å²) in [5.74, 6) is -1.20. The predicted molar refractivity (Wildman–Crippen MR) is 124 cm³/mol. The summed E-state index contributed by atoms with van der Waals surface area (Å²) in [7, 11) is 2.99. The van der Waals surface area contributed by atoms with Crippen LogP contribution >= 0.6 is 0 Å². The number of rotatable bonds is 6. The molecule has 1 saturated heterocycles. The fourth-order valence-electron chi connectivity index (χ4n) is 6.38. The van der Waals surface area contributed by atoms with Crippen LogP contribution in [0, 0.1) is 17.3 Å². The molecule has 1 aromatic carbocycles. The lowest BCUT2D eigenvalue weighted by Crippen LogP contribution is -2.55. The molecule has 3 aliphatic rings. The van der Waals surface area contributed by atoms with Crippen LogP contribution in [-0.2, 0) is 19.0 Å². The molecule has 1 heterocycles. The maximum atomic E-state index is 13.3. The van der Waals surface area contributed by atoms with E-state index in [0.717, 1.165) is 0 Å². The average Bonchev–Trinajstić information content (AvgIpc) is 3.40. The van der Waals surface area contributed by atoms with Crippen molar-refractivity contribution in [3.63, 3.8) is 0 Å². The van der Waals surface area contributed by atoms with Crippen LogP contribution in [0.3, 0.4) is 0 Å². The number of ether oxygens (including phenoxy) is 5. The van der Waals surface area contributed by atoms with Crippen LogP contribution in [0.5, 0.6) is 11.5 Å². The number of benzene rings is 1. The monoisotopic (exact) mass is 492 g/mol. The molecule has 8 atom stereocenters. The number of hydrogen-bond donors (Lipinski definition) is 2. The second-order valence-electron chi connectivity index (χ2n) is 10.8. The van der Waals surface area contributed by atoms with E-state index in [9.17, 15) is 19.8 Å². The summed E-state index contributed by atoms with van der Waals surface area (Å²) in [6.45, 7) is 8.71. The maximum Gasteiger partial charge on any atom is 0.338 e. The molecule has 35 heavy (non-hydrogen) atoms.